The largest absolute Gasteiger partial charge is 0.463 e. The number of nitrogens with zero attached hydrogens (tertiary/aromatic N) is 1. The van der Waals surface area contributed by atoms with Crippen molar-refractivity contribution in [1.29, 1.82) is 0 Å². The lowest BCUT2D eigenvalue weighted by Gasteiger charge is -2.37. The highest BCUT2D eigenvalue weighted by atomic mass is 16.5. The summed E-state index contributed by atoms with van der Waals surface area (Å²) in [6.45, 7) is 9.82. The third-order valence-corrected chi connectivity index (χ3v) is 5.70. The van der Waals surface area contributed by atoms with E-state index in [1.54, 1.807) is 6.92 Å². The second-order valence-electron chi connectivity index (χ2n) is 7.82. The van der Waals surface area contributed by atoms with Crippen LogP contribution >= 0.6 is 0 Å². The summed E-state index contributed by atoms with van der Waals surface area (Å²) in [5.41, 5.74) is 4.21. The summed E-state index contributed by atoms with van der Waals surface area (Å²) in [4.78, 5) is 27.7. The average molecular weight is 386 g/mol. The maximum atomic E-state index is 12.9. The number of hydrogen-bond donors (Lipinski definition) is 2. The summed E-state index contributed by atoms with van der Waals surface area (Å²) in [5.74, 6) is -0.374. The predicted molar refractivity (Wildman–Crippen MR) is 109 cm³/mol. The van der Waals surface area contributed by atoms with Crippen LogP contribution in [0.5, 0.6) is 0 Å². The van der Waals surface area contributed by atoms with Crippen molar-refractivity contribution in [1.82, 2.24) is 15.5 Å². The second-order valence-corrected chi connectivity index (χ2v) is 7.82. The molecule has 0 aliphatic carbocycles. The van der Waals surface area contributed by atoms with Gasteiger partial charge in [0.1, 0.15) is 0 Å². The van der Waals surface area contributed by atoms with E-state index in [1.807, 2.05) is 32.0 Å². The van der Waals surface area contributed by atoms with Gasteiger partial charge in [0.15, 0.2) is 0 Å². The molecule has 0 saturated carbocycles. The zero-order chi connectivity index (χ0) is 20.3. The first kappa shape index (κ1) is 20.4. The number of esters is 1. The Balaban J connectivity index is 2.05. The number of urea groups is 1. The summed E-state index contributed by atoms with van der Waals surface area (Å²) in [5, 5.41) is 5.84. The molecule has 0 unspecified atom stereocenters. The molecule has 2 atom stereocenters. The molecule has 2 N–H and O–H groups in total. The molecule has 28 heavy (non-hydrogen) atoms. The normalized spacial score (nSPS) is 23.2. The van der Waals surface area contributed by atoms with Crippen LogP contribution in [0.3, 0.4) is 0 Å². The molecule has 3 rings (SSSR count). The molecule has 1 saturated heterocycles. The topological polar surface area (TPSA) is 70.7 Å². The molecule has 0 bridgehead atoms. The average Bonchev–Trinajstić information content (AvgIpc) is 2.65. The van der Waals surface area contributed by atoms with Crippen molar-refractivity contribution in [2.24, 2.45) is 0 Å². The number of nitrogens with one attached hydrogen (secondary N) is 2. The predicted octanol–water partition coefficient (Wildman–Crippen LogP) is 3.35. The van der Waals surface area contributed by atoms with Gasteiger partial charge in [0.2, 0.25) is 0 Å². The summed E-state index contributed by atoms with van der Waals surface area (Å²) >= 11 is 0. The van der Waals surface area contributed by atoms with Crippen molar-refractivity contribution < 1.29 is 14.3 Å². The zero-order valence-electron chi connectivity index (χ0n) is 17.3. The molecule has 1 aromatic rings. The fourth-order valence-electron chi connectivity index (χ4n) is 4.09. The zero-order valence-corrected chi connectivity index (χ0v) is 17.3. The number of likely N-dealkylation sites (tertiary alicyclic amines) is 1. The van der Waals surface area contributed by atoms with Crippen molar-refractivity contribution >= 4 is 12.0 Å². The number of piperidine rings is 1. The van der Waals surface area contributed by atoms with Crippen molar-refractivity contribution in [3.05, 3.63) is 46.2 Å². The minimum Gasteiger partial charge on any atom is -0.463 e. The Labute approximate surface area is 167 Å². The van der Waals surface area contributed by atoms with Gasteiger partial charge in [-0.1, -0.05) is 30.2 Å². The molecule has 2 aliphatic heterocycles. The summed E-state index contributed by atoms with van der Waals surface area (Å²) < 4.78 is 5.38. The van der Waals surface area contributed by atoms with Gasteiger partial charge in [-0.15, -0.1) is 0 Å². The lowest BCUT2D eigenvalue weighted by Crippen LogP contribution is -2.50. The number of ether oxygens (including phenoxy) is 1. The van der Waals surface area contributed by atoms with Gasteiger partial charge in [-0.2, -0.15) is 0 Å². The minimum atomic E-state index is -0.511. The molecule has 1 aromatic carbocycles. The van der Waals surface area contributed by atoms with E-state index in [2.05, 4.69) is 22.5 Å². The van der Waals surface area contributed by atoms with Crippen LogP contribution in [-0.4, -0.2) is 42.6 Å². The Kier molecular flexibility index (Phi) is 6.39. The van der Waals surface area contributed by atoms with Gasteiger partial charge in [-0.3, -0.25) is 4.90 Å². The lowest BCUT2D eigenvalue weighted by atomic mass is 9.90. The maximum absolute atomic E-state index is 12.9. The number of aryl methyl sites for hydroxylation is 2. The van der Waals surface area contributed by atoms with E-state index in [9.17, 15) is 9.59 Å². The Morgan fingerprint density at radius 1 is 1.29 bits per heavy atom. The van der Waals surface area contributed by atoms with E-state index in [-0.39, 0.29) is 12.0 Å². The summed E-state index contributed by atoms with van der Waals surface area (Å²) in [6.07, 6.45) is 3.49. The number of amides is 2. The second kappa shape index (κ2) is 8.78. The first-order valence-corrected chi connectivity index (χ1v) is 10.2. The molecular weight excluding hydrogens is 354 g/mol. The van der Waals surface area contributed by atoms with Crippen LogP contribution in [0.2, 0.25) is 0 Å². The molecule has 1 fully saturated rings. The van der Waals surface area contributed by atoms with E-state index in [0.29, 0.717) is 30.5 Å². The first-order chi connectivity index (χ1) is 13.4. The quantitative estimate of drug-likeness (QED) is 0.763. The standard InChI is InChI=1S/C22H31N3O3/c1-5-28-21(26)19-18(13-25-11-7-6-8-16(25)4)23-22(27)24-20(19)17-12-14(2)9-10-15(17)3/h9-10,12,16,20H,5-8,11,13H2,1-4H3,(H2,23,24,27)/t16-,20-/m1/s1. The molecule has 6 heteroatoms. The SMILES string of the molecule is CCOC(=O)C1=C(CN2CCCC[C@H]2C)NC(=O)N[C@@H]1c1cc(C)ccc1C. The summed E-state index contributed by atoms with van der Waals surface area (Å²) in [7, 11) is 0. The van der Waals surface area contributed by atoms with E-state index >= 15 is 0 Å². The molecular formula is C22H31N3O3. The molecule has 6 nitrogen and oxygen atoms in total. The smallest absolute Gasteiger partial charge is 0.338 e. The lowest BCUT2D eigenvalue weighted by molar-refractivity contribution is -0.139. The number of benzene rings is 1. The number of carbonyl (C=O) groups is 2. The van der Waals surface area contributed by atoms with Gasteiger partial charge >= 0.3 is 12.0 Å². The van der Waals surface area contributed by atoms with E-state index in [0.717, 1.165) is 36.1 Å². The third-order valence-electron chi connectivity index (χ3n) is 5.70. The highest BCUT2D eigenvalue weighted by Crippen LogP contribution is 2.31. The monoisotopic (exact) mass is 385 g/mol. The van der Waals surface area contributed by atoms with E-state index in [4.69, 9.17) is 4.74 Å². The molecule has 0 radical (unpaired) electrons. The maximum Gasteiger partial charge on any atom is 0.338 e. The van der Waals surface area contributed by atoms with Crippen LogP contribution in [0.1, 0.15) is 55.8 Å². The Morgan fingerprint density at radius 2 is 2.07 bits per heavy atom. The molecule has 152 valence electrons. The van der Waals surface area contributed by atoms with Gasteiger partial charge in [0.25, 0.3) is 0 Å². The van der Waals surface area contributed by atoms with Crippen molar-refractivity contribution in [2.45, 2.75) is 59.0 Å². The Hall–Kier alpha value is -2.34. The van der Waals surface area contributed by atoms with Gasteiger partial charge in [0.05, 0.1) is 18.2 Å². The van der Waals surface area contributed by atoms with Crippen LogP contribution in [0, 0.1) is 13.8 Å². The molecule has 2 heterocycles. The summed E-state index contributed by atoms with van der Waals surface area (Å²) in [6, 6.07) is 5.73. The molecule has 0 aromatic heterocycles. The van der Waals surface area contributed by atoms with E-state index in [1.165, 1.54) is 6.42 Å². The number of carbonyl (C=O) groups excluding carboxylic acids is 2. The van der Waals surface area contributed by atoms with Crippen LogP contribution in [0.25, 0.3) is 0 Å². The third kappa shape index (κ3) is 4.38. The Morgan fingerprint density at radius 3 is 2.79 bits per heavy atom. The first-order valence-electron chi connectivity index (χ1n) is 10.2. The van der Waals surface area contributed by atoms with Crippen molar-refractivity contribution in [3.8, 4) is 0 Å². The fraction of sp³-hybridized carbons (Fsp3) is 0.545. The van der Waals surface area contributed by atoms with Crippen molar-refractivity contribution in [2.75, 3.05) is 19.7 Å². The Bertz CT molecular complexity index is 787. The van der Waals surface area contributed by atoms with Gasteiger partial charge in [-0.05, 0) is 58.2 Å². The highest BCUT2D eigenvalue weighted by Gasteiger charge is 2.35. The minimum absolute atomic E-state index is 0.279. The van der Waals surface area contributed by atoms with Gasteiger partial charge in [0, 0.05) is 18.3 Å². The number of hydrogen-bond acceptors (Lipinski definition) is 4. The van der Waals surface area contributed by atoms with Crippen LogP contribution in [-0.2, 0) is 9.53 Å². The molecule has 2 amide bonds. The van der Waals surface area contributed by atoms with Crippen LogP contribution in [0.4, 0.5) is 4.79 Å². The number of rotatable bonds is 5. The fourth-order valence-corrected chi connectivity index (χ4v) is 4.09. The van der Waals surface area contributed by atoms with Gasteiger partial charge < -0.3 is 15.4 Å². The van der Waals surface area contributed by atoms with Crippen LogP contribution in [0.15, 0.2) is 29.5 Å². The van der Waals surface area contributed by atoms with Crippen LogP contribution < -0.4 is 10.6 Å². The van der Waals surface area contributed by atoms with Gasteiger partial charge in [-0.25, -0.2) is 9.59 Å². The van der Waals surface area contributed by atoms with E-state index < -0.39 is 6.04 Å². The molecule has 0 spiro atoms. The molecule has 2 aliphatic rings. The van der Waals surface area contributed by atoms with Crippen molar-refractivity contribution in [3.63, 3.8) is 0 Å². The highest BCUT2D eigenvalue weighted by molar-refractivity contribution is 5.95.